The van der Waals surface area contributed by atoms with Crippen LogP contribution in [0.5, 0.6) is 0 Å². The van der Waals surface area contributed by atoms with Gasteiger partial charge in [-0.2, -0.15) is 0 Å². The van der Waals surface area contributed by atoms with Crippen LogP contribution in [0.4, 0.5) is 5.95 Å². The second-order valence-electron chi connectivity index (χ2n) is 9.19. The first-order valence-corrected chi connectivity index (χ1v) is 13.1. The van der Waals surface area contributed by atoms with Crippen molar-refractivity contribution < 1.29 is 4.79 Å². The molecule has 1 aliphatic rings. The van der Waals surface area contributed by atoms with Gasteiger partial charge in [0.25, 0.3) is 5.56 Å². The minimum Gasteiger partial charge on any atom is -0.356 e. The predicted molar refractivity (Wildman–Crippen MR) is 143 cm³/mol. The average Bonchev–Trinajstić information content (AvgIpc) is 3.37. The molecule has 1 atom stereocenters. The normalized spacial score (nSPS) is 15.9. The number of rotatable bonds is 7. The summed E-state index contributed by atoms with van der Waals surface area (Å²) in [6.45, 7) is 4.02. The summed E-state index contributed by atoms with van der Waals surface area (Å²) in [7, 11) is 0. The van der Waals surface area contributed by atoms with Crippen molar-refractivity contribution in [3.63, 3.8) is 0 Å². The van der Waals surface area contributed by atoms with Crippen LogP contribution in [-0.2, 0) is 11.2 Å². The van der Waals surface area contributed by atoms with E-state index in [1.54, 1.807) is 4.57 Å². The number of carbonyl (C=O) groups excluding carboxylic acids is 1. The number of amides is 1. The molecule has 0 bridgehead atoms. The van der Waals surface area contributed by atoms with Crippen molar-refractivity contribution in [2.75, 3.05) is 24.5 Å². The van der Waals surface area contributed by atoms with Crippen LogP contribution in [0.15, 0.2) is 70.8 Å². The number of hydrogen-bond donors (Lipinski definition) is 1. The van der Waals surface area contributed by atoms with Crippen LogP contribution in [0.3, 0.4) is 0 Å². The van der Waals surface area contributed by atoms with Crippen LogP contribution in [0.1, 0.15) is 30.4 Å². The Labute approximate surface area is 209 Å². The summed E-state index contributed by atoms with van der Waals surface area (Å²) in [4.78, 5) is 33.5. The second-order valence-corrected chi connectivity index (χ2v) is 10.1. The molecule has 5 rings (SSSR count). The van der Waals surface area contributed by atoms with E-state index < -0.39 is 0 Å². The highest BCUT2D eigenvalue weighted by Crippen LogP contribution is 2.26. The lowest BCUT2D eigenvalue weighted by molar-refractivity contribution is -0.125. The fourth-order valence-electron chi connectivity index (χ4n) is 4.71. The zero-order valence-electron chi connectivity index (χ0n) is 19.9. The number of nitrogens with zero attached hydrogens (tertiary/aromatic N) is 3. The maximum Gasteiger partial charge on any atom is 0.277 e. The maximum absolute atomic E-state index is 13.5. The van der Waals surface area contributed by atoms with Crippen LogP contribution in [0, 0.1) is 12.8 Å². The molecule has 3 heterocycles. The van der Waals surface area contributed by atoms with Gasteiger partial charge in [-0.15, -0.1) is 11.3 Å². The zero-order chi connectivity index (χ0) is 24.2. The Morgan fingerprint density at radius 2 is 1.91 bits per heavy atom. The molecule has 0 saturated carbocycles. The van der Waals surface area contributed by atoms with Gasteiger partial charge in [0, 0.05) is 19.6 Å². The first-order chi connectivity index (χ1) is 17.1. The van der Waals surface area contributed by atoms with Gasteiger partial charge in [-0.3, -0.25) is 9.59 Å². The number of aryl methyl sites for hydroxylation is 2. The van der Waals surface area contributed by atoms with Gasteiger partial charge < -0.3 is 10.2 Å². The minimum atomic E-state index is -0.123. The molecule has 1 saturated heterocycles. The Hall–Kier alpha value is -3.45. The lowest BCUT2D eigenvalue weighted by Crippen LogP contribution is -2.45. The second kappa shape index (κ2) is 10.4. The van der Waals surface area contributed by atoms with Crippen molar-refractivity contribution in [2.24, 2.45) is 5.92 Å². The van der Waals surface area contributed by atoms with E-state index in [9.17, 15) is 9.59 Å². The van der Waals surface area contributed by atoms with Gasteiger partial charge in [0.2, 0.25) is 11.9 Å². The van der Waals surface area contributed by atoms with Crippen LogP contribution in [0.25, 0.3) is 15.9 Å². The highest BCUT2D eigenvalue weighted by Gasteiger charge is 2.29. The van der Waals surface area contributed by atoms with Crippen molar-refractivity contribution in [3.8, 4) is 5.69 Å². The van der Waals surface area contributed by atoms with Crippen molar-refractivity contribution in [3.05, 3.63) is 87.5 Å². The Morgan fingerprint density at radius 3 is 2.71 bits per heavy atom. The van der Waals surface area contributed by atoms with Crippen LogP contribution < -0.4 is 15.8 Å². The van der Waals surface area contributed by atoms with Gasteiger partial charge in [0.05, 0.1) is 17.1 Å². The van der Waals surface area contributed by atoms with E-state index in [1.807, 2.05) is 60.8 Å². The van der Waals surface area contributed by atoms with Crippen LogP contribution in [-0.4, -0.2) is 35.1 Å². The summed E-state index contributed by atoms with van der Waals surface area (Å²) >= 11 is 1.42. The lowest BCUT2D eigenvalue weighted by Gasteiger charge is -2.34. The molecule has 180 valence electrons. The van der Waals surface area contributed by atoms with Crippen LogP contribution >= 0.6 is 11.3 Å². The monoisotopic (exact) mass is 486 g/mol. The summed E-state index contributed by atoms with van der Waals surface area (Å²) in [6.07, 6.45) is 3.59. The van der Waals surface area contributed by atoms with Crippen molar-refractivity contribution in [1.29, 1.82) is 0 Å². The minimum absolute atomic E-state index is 0.0589. The number of fused-ring (bicyclic) bond motifs is 1. The van der Waals surface area contributed by atoms with Gasteiger partial charge in [0.1, 0.15) is 4.70 Å². The highest BCUT2D eigenvalue weighted by atomic mass is 32.1. The van der Waals surface area contributed by atoms with E-state index in [1.165, 1.54) is 16.9 Å². The third-order valence-electron chi connectivity index (χ3n) is 6.61. The van der Waals surface area contributed by atoms with E-state index in [0.29, 0.717) is 29.3 Å². The quantitative estimate of drug-likeness (QED) is 0.384. The maximum atomic E-state index is 13.5. The number of anilines is 1. The Kier molecular flexibility index (Phi) is 6.95. The summed E-state index contributed by atoms with van der Waals surface area (Å²) < 4.78 is 2.36. The van der Waals surface area contributed by atoms with Crippen molar-refractivity contribution in [2.45, 2.75) is 32.6 Å². The summed E-state index contributed by atoms with van der Waals surface area (Å²) in [5.74, 6) is 0.581. The van der Waals surface area contributed by atoms with Gasteiger partial charge in [-0.25, -0.2) is 9.55 Å². The molecule has 0 aliphatic carbocycles. The third kappa shape index (κ3) is 5.15. The number of aromatic nitrogens is 2. The smallest absolute Gasteiger partial charge is 0.277 e. The first-order valence-electron chi connectivity index (χ1n) is 12.2. The van der Waals surface area contributed by atoms with E-state index in [0.717, 1.165) is 43.5 Å². The number of hydrogen-bond acceptors (Lipinski definition) is 5. The molecule has 2 aromatic carbocycles. The molecular weight excluding hydrogens is 456 g/mol. The molecule has 0 unspecified atom stereocenters. The lowest BCUT2D eigenvalue weighted by atomic mass is 9.97. The molecule has 7 heteroatoms. The molecule has 1 amide bonds. The number of benzene rings is 2. The fraction of sp³-hybridized carbons (Fsp3) is 0.321. The van der Waals surface area contributed by atoms with Gasteiger partial charge >= 0.3 is 0 Å². The number of carbonyl (C=O) groups is 1. The molecule has 0 spiro atoms. The molecule has 2 aromatic heterocycles. The van der Waals surface area contributed by atoms with Crippen molar-refractivity contribution in [1.82, 2.24) is 14.9 Å². The molecule has 0 radical (unpaired) electrons. The summed E-state index contributed by atoms with van der Waals surface area (Å²) in [6, 6.07) is 20.2. The van der Waals surface area contributed by atoms with Gasteiger partial charge in [0.15, 0.2) is 0 Å². The van der Waals surface area contributed by atoms with E-state index in [4.69, 9.17) is 4.98 Å². The molecule has 1 fully saturated rings. The first kappa shape index (κ1) is 23.3. The molecule has 35 heavy (non-hydrogen) atoms. The fourth-order valence-corrected chi connectivity index (χ4v) is 5.46. The topological polar surface area (TPSA) is 67.2 Å². The SMILES string of the molecule is Cc1ccc(-n2c(N3CCC[C@@H](C(=O)NCCCc4ccccc4)C3)nc3ccsc3c2=O)cc1. The van der Waals surface area contributed by atoms with E-state index in [-0.39, 0.29) is 17.4 Å². The molecule has 4 aromatic rings. The number of nitrogens with one attached hydrogen (secondary N) is 1. The number of piperidine rings is 1. The van der Waals surface area contributed by atoms with E-state index in [2.05, 4.69) is 22.3 Å². The summed E-state index contributed by atoms with van der Waals surface area (Å²) in [5, 5.41) is 5.04. The Balaban J connectivity index is 1.33. The predicted octanol–water partition coefficient (Wildman–Crippen LogP) is 4.72. The van der Waals surface area contributed by atoms with E-state index >= 15 is 0 Å². The molecule has 1 aliphatic heterocycles. The molecular formula is C28H30N4O2S. The standard InChI is InChI=1S/C28H30N4O2S/c1-20-11-13-23(14-12-20)32-27(34)25-24(15-18-35-25)30-28(32)31-17-6-10-22(19-31)26(33)29-16-5-9-21-7-3-2-4-8-21/h2-4,7-8,11-15,18,22H,5-6,9-10,16-17,19H2,1H3,(H,29,33)/t22-/m1/s1. The van der Waals surface area contributed by atoms with Crippen molar-refractivity contribution >= 4 is 33.4 Å². The third-order valence-corrected chi connectivity index (χ3v) is 7.51. The highest BCUT2D eigenvalue weighted by molar-refractivity contribution is 7.17. The Morgan fingerprint density at radius 1 is 1.11 bits per heavy atom. The molecule has 6 nitrogen and oxygen atoms in total. The van der Waals surface area contributed by atoms with Gasteiger partial charge in [-0.05, 0) is 61.7 Å². The van der Waals surface area contributed by atoms with Gasteiger partial charge in [-0.1, -0.05) is 48.0 Å². The number of thiophene rings is 1. The average molecular weight is 487 g/mol. The Bertz CT molecular complexity index is 1360. The molecule has 1 N–H and O–H groups in total. The summed E-state index contributed by atoms with van der Waals surface area (Å²) in [5.41, 5.74) is 3.87. The van der Waals surface area contributed by atoms with Crippen LogP contribution in [0.2, 0.25) is 0 Å². The largest absolute Gasteiger partial charge is 0.356 e. The zero-order valence-corrected chi connectivity index (χ0v) is 20.8.